The number of rotatable bonds is 2. The summed E-state index contributed by atoms with van der Waals surface area (Å²) in [5.74, 6) is 1.07. The molecule has 3 rings (SSSR count). The third-order valence-electron chi connectivity index (χ3n) is 4.66. The molecule has 0 spiro atoms. The van der Waals surface area contributed by atoms with E-state index in [-0.39, 0.29) is 24.8 Å². The zero-order valence-electron chi connectivity index (χ0n) is 12.8. The second-order valence-corrected chi connectivity index (χ2v) is 5.79. The molecule has 0 bridgehead atoms. The lowest BCUT2D eigenvalue weighted by Gasteiger charge is -2.42. The molecule has 1 aromatic rings. The predicted octanol–water partition coefficient (Wildman–Crippen LogP) is 2.69. The van der Waals surface area contributed by atoms with Gasteiger partial charge >= 0.3 is 0 Å². The summed E-state index contributed by atoms with van der Waals surface area (Å²) in [5, 5.41) is 3.48. The molecule has 1 heterocycles. The van der Waals surface area contributed by atoms with Crippen LogP contribution < -0.4 is 10.1 Å². The Kier molecular flexibility index (Phi) is 7.28. The lowest BCUT2D eigenvalue weighted by molar-refractivity contribution is 0.106. The molecule has 0 aromatic heterocycles. The summed E-state index contributed by atoms with van der Waals surface area (Å²) in [6, 6.07) is 7.80. The van der Waals surface area contributed by atoms with Gasteiger partial charge in [0.15, 0.2) is 0 Å². The first-order chi connectivity index (χ1) is 9.29. The number of ether oxygens (including phenoxy) is 1. The number of halogens is 2. The second kappa shape index (κ2) is 8.23. The molecule has 5 heteroatoms. The van der Waals surface area contributed by atoms with Gasteiger partial charge in [-0.05, 0) is 43.4 Å². The van der Waals surface area contributed by atoms with Gasteiger partial charge in [-0.3, -0.25) is 4.90 Å². The maximum Gasteiger partial charge on any atom is 0.122 e. The topological polar surface area (TPSA) is 24.5 Å². The van der Waals surface area contributed by atoms with E-state index in [1.54, 1.807) is 7.11 Å². The molecule has 0 saturated carbocycles. The molecular weight excluding hydrogens is 307 g/mol. The van der Waals surface area contributed by atoms with Gasteiger partial charge in [-0.25, -0.2) is 0 Å². The van der Waals surface area contributed by atoms with Crippen molar-refractivity contribution in [1.29, 1.82) is 0 Å². The van der Waals surface area contributed by atoms with Crippen molar-refractivity contribution in [3.8, 4) is 5.75 Å². The van der Waals surface area contributed by atoms with E-state index in [4.69, 9.17) is 4.74 Å². The van der Waals surface area contributed by atoms with Gasteiger partial charge in [0.2, 0.25) is 0 Å². The average Bonchev–Trinajstić information content (AvgIpc) is 2.46. The van der Waals surface area contributed by atoms with Crippen LogP contribution in [-0.4, -0.2) is 43.7 Å². The molecular formula is C16H26Cl2N2O. The zero-order chi connectivity index (χ0) is 13.2. The van der Waals surface area contributed by atoms with Crippen LogP contribution in [0.4, 0.5) is 0 Å². The Morgan fingerprint density at radius 2 is 2.10 bits per heavy atom. The maximum absolute atomic E-state index is 5.54. The minimum atomic E-state index is 0. The summed E-state index contributed by atoms with van der Waals surface area (Å²) in [7, 11) is 1.78. The molecule has 21 heavy (non-hydrogen) atoms. The quantitative estimate of drug-likeness (QED) is 0.901. The minimum absolute atomic E-state index is 0. The first kappa shape index (κ1) is 18.6. The molecule has 1 aromatic carbocycles. The molecule has 2 unspecified atom stereocenters. The van der Waals surface area contributed by atoms with Crippen molar-refractivity contribution in [1.82, 2.24) is 10.2 Å². The van der Waals surface area contributed by atoms with Gasteiger partial charge in [-0.1, -0.05) is 12.1 Å². The van der Waals surface area contributed by atoms with Crippen molar-refractivity contribution in [3.63, 3.8) is 0 Å². The Labute approximate surface area is 140 Å². The summed E-state index contributed by atoms with van der Waals surface area (Å²) < 4.78 is 5.54. The van der Waals surface area contributed by atoms with Gasteiger partial charge in [-0.2, -0.15) is 0 Å². The van der Waals surface area contributed by atoms with Crippen molar-refractivity contribution in [3.05, 3.63) is 29.3 Å². The van der Waals surface area contributed by atoms with Crippen molar-refractivity contribution >= 4 is 24.8 Å². The monoisotopic (exact) mass is 332 g/mol. The molecule has 3 nitrogen and oxygen atoms in total. The van der Waals surface area contributed by atoms with Gasteiger partial charge in [0.05, 0.1) is 7.11 Å². The number of fused-ring (bicyclic) bond motifs is 1. The molecule has 2 aliphatic rings. The van der Waals surface area contributed by atoms with E-state index >= 15 is 0 Å². The van der Waals surface area contributed by atoms with Crippen molar-refractivity contribution in [2.45, 2.75) is 38.3 Å². The average molecular weight is 333 g/mol. The van der Waals surface area contributed by atoms with Crippen molar-refractivity contribution in [2.24, 2.45) is 0 Å². The van der Waals surface area contributed by atoms with E-state index in [0.29, 0.717) is 12.1 Å². The Morgan fingerprint density at radius 1 is 1.29 bits per heavy atom. The van der Waals surface area contributed by atoms with Crippen molar-refractivity contribution < 1.29 is 4.74 Å². The fourth-order valence-corrected chi connectivity index (χ4v) is 3.61. The van der Waals surface area contributed by atoms with Gasteiger partial charge in [0.1, 0.15) is 5.75 Å². The van der Waals surface area contributed by atoms with Crippen LogP contribution in [0.5, 0.6) is 5.75 Å². The Bertz CT molecular complexity index is 442. The van der Waals surface area contributed by atoms with Gasteiger partial charge in [-0.15, -0.1) is 24.8 Å². The fourth-order valence-electron chi connectivity index (χ4n) is 3.61. The summed E-state index contributed by atoms with van der Waals surface area (Å²) in [6.07, 6.45) is 3.61. The number of hydrogen-bond acceptors (Lipinski definition) is 3. The van der Waals surface area contributed by atoms with Crippen LogP contribution in [0.1, 0.15) is 24.5 Å². The number of hydrogen-bond donors (Lipinski definition) is 1. The molecule has 120 valence electrons. The first-order valence-corrected chi connectivity index (χ1v) is 7.41. The summed E-state index contributed by atoms with van der Waals surface area (Å²) >= 11 is 0. The summed E-state index contributed by atoms with van der Waals surface area (Å²) in [4.78, 5) is 2.69. The number of nitrogens with one attached hydrogen (secondary N) is 1. The number of benzene rings is 1. The number of piperazine rings is 1. The molecule has 1 N–H and O–H groups in total. The molecule has 1 aliphatic carbocycles. The van der Waals surface area contributed by atoms with E-state index in [1.807, 2.05) is 0 Å². The van der Waals surface area contributed by atoms with Crippen molar-refractivity contribution in [2.75, 3.05) is 26.7 Å². The van der Waals surface area contributed by atoms with E-state index in [0.717, 1.165) is 25.3 Å². The predicted molar refractivity (Wildman–Crippen MR) is 92.3 cm³/mol. The van der Waals surface area contributed by atoms with Crippen LogP contribution in [0.25, 0.3) is 0 Å². The van der Waals surface area contributed by atoms with Gasteiger partial charge in [0, 0.05) is 31.7 Å². The third-order valence-corrected chi connectivity index (χ3v) is 4.66. The summed E-state index contributed by atoms with van der Waals surface area (Å²) in [5.41, 5.74) is 2.92. The van der Waals surface area contributed by atoms with Gasteiger partial charge in [0.25, 0.3) is 0 Å². The van der Waals surface area contributed by atoms with E-state index < -0.39 is 0 Å². The molecule has 1 fully saturated rings. The highest BCUT2D eigenvalue weighted by molar-refractivity contribution is 5.85. The van der Waals surface area contributed by atoms with Crippen LogP contribution in [-0.2, 0) is 12.8 Å². The number of aryl methyl sites for hydroxylation is 1. The molecule has 2 atom stereocenters. The van der Waals surface area contributed by atoms with E-state index in [9.17, 15) is 0 Å². The Balaban J connectivity index is 0.00000110. The standard InChI is InChI=1S/C16H24N2O.2ClH/c1-12-11-17-8-9-18(12)14-7-6-13-4-3-5-16(19-2)15(13)10-14;;/h3-5,12,14,17H,6-11H2,1-2H3;2*1H. The SMILES string of the molecule is COc1cccc2c1CC(N1CCNCC1C)CC2.Cl.Cl. The lowest BCUT2D eigenvalue weighted by Crippen LogP contribution is -2.55. The van der Waals surface area contributed by atoms with Gasteiger partial charge < -0.3 is 10.1 Å². The minimum Gasteiger partial charge on any atom is -0.496 e. The second-order valence-electron chi connectivity index (χ2n) is 5.79. The third kappa shape index (κ3) is 3.84. The van der Waals surface area contributed by atoms with Crippen LogP contribution in [0, 0.1) is 0 Å². The summed E-state index contributed by atoms with van der Waals surface area (Å²) in [6.45, 7) is 5.76. The van der Waals surface area contributed by atoms with Crippen LogP contribution >= 0.6 is 24.8 Å². The number of nitrogens with zero attached hydrogens (tertiary/aromatic N) is 1. The smallest absolute Gasteiger partial charge is 0.122 e. The normalized spacial score (nSPS) is 25.2. The van der Waals surface area contributed by atoms with Crippen LogP contribution in [0.3, 0.4) is 0 Å². The highest BCUT2D eigenvalue weighted by Gasteiger charge is 2.30. The largest absolute Gasteiger partial charge is 0.496 e. The van der Waals surface area contributed by atoms with E-state index in [1.165, 1.54) is 30.5 Å². The van der Waals surface area contributed by atoms with Crippen LogP contribution in [0.2, 0.25) is 0 Å². The molecule has 1 aliphatic heterocycles. The fraction of sp³-hybridized carbons (Fsp3) is 0.625. The Hall–Kier alpha value is -0.480. The molecule has 0 amide bonds. The lowest BCUT2D eigenvalue weighted by atomic mass is 9.86. The maximum atomic E-state index is 5.54. The van der Waals surface area contributed by atoms with E-state index in [2.05, 4.69) is 35.3 Å². The highest BCUT2D eigenvalue weighted by Crippen LogP contribution is 2.32. The Morgan fingerprint density at radius 3 is 2.81 bits per heavy atom. The zero-order valence-corrected chi connectivity index (χ0v) is 14.4. The highest BCUT2D eigenvalue weighted by atomic mass is 35.5. The molecule has 1 saturated heterocycles. The molecule has 0 radical (unpaired) electrons. The number of methoxy groups -OCH3 is 1. The first-order valence-electron chi connectivity index (χ1n) is 7.41. The van der Waals surface area contributed by atoms with Crippen LogP contribution in [0.15, 0.2) is 18.2 Å².